The van der Waals surface area contributed by atoms with E-state index < -0.39 is 0 Å². The maximum atomic E-state index is 11.9. The molecule has 4 heteroatoms. The highest BCUT2D eigenvalue weighted by Crippen LogP contribution is 2.25. The number of carbonyl (C=O) groups excluding carboxylic acids is 2. The SMILES string of the molecule is CC1CC(=O)N(C(CCO)C(C)C)C(=O)C1. The van der Waals surface area contributed by atoms with Crippen LogP contribution in [-0.4, -0.2) is 34.5 Å². The highest BCUT2D eigenvalue weighted by Gasteiger charge is 2.36. The predicted molar refractivity (Wildman–Crippen MR) is 60.6 cm³/mol. The average Bonchev–Trinajstić information content (AvgIpc) is 2.14. The summed E-state index contributed by atoms with van der Waals surface area (Å²) in [6.45, 7) is 5.87. The van der Waals surface area contributed by atoms with E-state index in [4.69, 9.17) is 5.11 Å². The molecule has 1 aliphatic heterocycles. The normalized spacial score (nSPS) is 20.7. The molecule has 16 heavy (non-hydrogen) atoms. The van der Waals surface area contributed by atoms with Crippen molar-refractivity contribution in [3.8, 4) is 0 Å². The third-order valence-corrected chi connectivity index (χ3v) is 3.11. The van der Waals surface area contributed by atoms with E-state index in [1.807, 2.05) is 20.8 Å². The van der Waals surface area contributed by atoms with Gasteiger partial charge in [0.15, 0.2) is 0 Å². The molecule has 0 aliphatic carbocycles. The van der Waals surface area contributed by atoms with Crippen molar-refractivity contribution in [1.29, 1.82) is 0 Å². The number of aliphatic hydroxyl groups is 1. The summed E-state index contributed by atoms with van der Waals surface area (Å²) in [5, 5.41) is 8.99. The van der Waals surface area contributed by atoms with Gasteiger partial charge in [0.2, 0.25) is 11.8 Å². The first kappa shape index (κ1) is 13.2. The lowest BCUT2D eigenvalue weighted by Gasteiger charge is -2.36. The molecule has 1 atom stereocenters. The van der Waals surface area contributed by atoms with Crippen molar-refractivity contribution in [2.24, 2.45) is 11.8 Å². The number of rotatable bonds is 4. The lowest BCUT2D eigenvalue weighted by molar-refractivity contribution is -0.154. The first-order valence-corrected chi connectivity index (χ1v) is 5.93. The van der Waals surface area contributed by atoms with Crippen molar-refractivity contribution in [3.63, 3.8) is 0 Å². The van der Waals surface area contributed by atoms with Gasteiger partial charge in [0.05, 0.1) is 0 Å². The fourth-order valence-corrected chi connectivity index (χ4v) is 2.27. The van der Waals surface area contributed by atoms with E-state index in [1.54, 1.807) is 0 Å². The van der Waals surface area contributed by atoms with Crippen LogP contribution in [0.3, 0.4) is 0 Å². The summed E-state index contributed by atoms with van der Waals surface area (Å²) < 4.78 is 0. The average molecular weight is 227 g/mol. The summed E-state index contributed by atoms with van der Waals surface area (Å²) in [7, 11) is 0. The summed E-state index contributed by atoms with van der Waals surface area (Å²) in [6, 6.07) is -0.155. The van der Waals surface area contributed by atoms with Gasteiger partial charge in [-0.2, -0.15) is 0 Å². The number of likely N-dealkylation sites (tertiary alicyclic amines) is 1. The minimum atomic E-state index is -0.155. The minimum absolute atomic E-state index is 0.00939. The lowest BCUT2D eigenvalue weighted by Crippen LogP contribution is -2.51. The Kier molecular flexibility index (Phi) is 4.47. The first-order chi connectivity index (χ1) is 7.47. The summed E-state index contributed by atoms with van der Waals surface area (Å²) in [5.41, 5.74) is 0. The van der Waals surface area contributed by atoms with Crippen molar-refractivity contribution in [2.45, 2.75) is 46.1 Å². The Hall–Kier alpha value is -0.900. The number of aliphatic hydroxyl groups excluding tert-OH is 1. The Balaban J connectivity index is 2.82. The van der Waals surface area contributed by atoms with Crippen LogP contribution in [0.5, 0.6) is 0 Å². The van der Waals surface area contributed by atoms with E-state index in [2.05, 4.69) is 0 Å². The summed E-state index contributed by atoms with van der Waals surface area (Å²) in [4.78, 5) is 25.1. The van der Waals surface area contributed by atoms with E-state index in [1.165, 1.54) is 4.90 Å². The standard InChI is InChI=1S/C12H21NO3/c1-8(2)10(4-5-14)13-11(15)6-9(3)7-12(13)16/h8-10,14H,4-7H2,1-3H3. The number of amides is 2. The van der Waals surface area contributed by atoms with Crippen LogP contribution in [0.25, 0.3) is 0 Å². The molecule has 1 N–H and O–H groups in total. The molecule has 1 aliphatic rings. The maximum Gasteiger partial charge on any atom is 0.229 e. The Bertz CT molecular complexity index is 257. The predicted octanol–water partition coefficient (Wildman–Crippen LogP) is 1.18. The van der Waals surface area contributed by atoms with Crippen LogP contribution in [-0.2, 0) is 9.59 Å². The van der Waals surface area contributed by atoms with Gasteiger partial charge in [-0.25, -0.2) is 0 Å². The second-order valence-corrected chi connectivity index (χ2v) is 4.99. The van der Waals surface area contributed by atoms with Crippen LogP contribution in [0.4, 0.5) is 0 Å². The van der Waals surface area contributed by atoms with Gasteiger partial charge in [0.25, 0.3) is 0 Å². The molecule has 1 heterocycles. The molecule has 0 spiro atoms. The molecule has 0 aromatic rings. The summed E-state index contributed by atoms with van der Waals surface area (Å²) in [6.07, 6.45) is 1.37. The number of hydrogen-bond acceptors (Lipinski definition) is 3. The topological polar surface area (TPSA) is 57.6 Å². The van der Waals surface area contributed by atoms with Gasteiger partial charge in [0.1, 0.15) is 0 Å². The van der Waals surface area contributed by atoms with Gasteiger partial charge in [-0.1, -0.05) is 20.8 Å². The second-order valence-electron chi connectivity index (χ2n) is 4.99. The van der Waals surface area contributed by atoms with Gasteiger partial charge >= 0.3 is 0 Å². The quantitative estimate of drug-likeness (QED) is 0.734. The van der Waals surface area contributed by atoms with Gasteiger partial charge < -0.3 is 5.11 Å². The minimum Gasteiger partial charge on any atom is -0.396 e. The van der Waals surface area contributed by atoms with Crippen LogP contribution in [0.15, 0.2) is 0 Å². The van der Waals surface area contributed by atoms with Crippen molar-refractivity contribution < 1.29 is 14.7 Å². The molecule has 0 saturated carbocycles. The molecule has 0 aromatic carbocycles. The van der Waals surface area contributed by atoms with E-state index in [0.29, 0.717) is 19.3 Å². The van der Waals surface area contributed by atoms with Crippen molar-refractivity contribution in [2.75, 3.05) is 6.61 Å². The van der Waals surface area contributed by atoms with Crippen molar-refractivity contribution >= 4 is 11.8 Å². The fourth-order valence-electron chi connectivity index (χ4n) is 2.27. The molecule has 1 fully saturated rings. The van der Waals surface area contributed by atoms with Gasteiger partial charge in [0, 0.05) is 25.5 Å². The zero-order valence-corrected chi connectivity index (χ0v) is 10.3. The molecule has 0 aromatic heterocycles. The third kappa shape index (κ3) is 2.82. The number of piperidine rings is 1. The van der Waals surface area contributed by atoms with E-state index >= 15 is 0 Å². The maximum absolute atomic E-state index is 11.9. The smallest absolute Gasteiger partial charge is 0.229 e. The Labute approximate surface area is 96.6 Å². The lowest BCUT2D eigenvalue weighted by atomic mass is 9.92. The number of carbonyl (C=O) groups is 2. The second kappa shape index (κ2) is 5.43. The monoisotopic (exact) mass is 227 g/mol. The molecule has 4 nitrogen and oxygen atoms in total. The zero-order valence-electron chi connectivity index (χ0n) is 10.3. The van der Waals surface area contributed by atoms with Crippen LogP contribution >= 0.6 is 0 Å². The number of imide groups is 1. The van der Waals surface area contributed by atoms with E-state index in [9.17, 15) is 9.59 Å². The largest absolute Gasteiger partial charge is 0.396 e. The van der Waals surface area contributed by atoms with Crippen LogP contribution in [0.1, 0.15) is 40.0 Å². The summed E-state index contributed by atoms with van der Waals surface area (Å²) in [5.74, 6) is 0.165. The first-order valence-electron chi connectivity index (χ1n) is 5.93. The van der Waals surface area contributed by atoms with Crippen molar-refractivity contribution in [3.05, 3.63) is 0 Å². The van der Waals surface area contributed by atoms with Gasteiger partial charge in [-0.15, -0.1) is 0 Å². The molecular weight excluding hydrogens is 206 g/mol. The van der Waals surface area contributed by atoms with Crippen LogP contribution in [0.2, 0.25) is 0 Å². The highest BCUT2D eigenvalue weighted by atomic mass is 16.3. The van der Waals surface area contributed by atoms with Crippen molar-refractivity contribution in [1.82, 2.24) is 4.90 Å². The van der Waals surface area contributed by atoms with Crippen LogP contribution in [0, 0.1) is 11.8 Å². The molecule has 1 rings (SSSR count). The Morgan fingerprint density at radius 1 is 1.31 bits per heavy atom. The molecule has 92 valence electrons. The molecule has 2 amide bonds. The number of hydrogen-bond donors (Lipinski definition) is 1. The van der Waals surface area contributed by atoms with Gasteiger partial charge in [-0.05, 0) is 18.3 Å². The Morgan fingerprint density at radius 2 is 1.81 bits per heavy atom. The van der Waals surface area contributed by atoms with E-state index in [-0.39, 0.29) is 36.3 Å². The molecule has 1 saturated heterocycles. The molecular formula is C12H21NO3. The molecule has 1 unspecified atom stereocenters. The zero-order chi connectivity index (χ0) is 12.3. The highest BCUT2D eigenvalue weighted by molar-refractivity contribution is 5.98. The third-order valence-electron chi connectivity index (χ3n) is 3.11. The van der Waals surface area contributed by atoms with E-state index in [0.717, 1.165) is 0 Å². The van der Waals surface area contributed by atoms with Gasteiger partial charge in [-0.3, -0.25) is 14.5 Å². The summed E-state index contributed by atoms with van der Waals surface area (Å²) >= 11 is 0. The molecule has 0 radical (unpaired) electrons. The fraction of sp³-hybridized carbons (Fsp3) is 0.833. The number of nitrogens with zero attached hydrogens (tertiary/aromatic N) is 1. The molecule has 0 bridgehead atoms. The van der Waals surface area contributed by atoms with Crippen LogP contribution < -0.4 is 0 Å². The Morgan fingerprint density at radius 3 is 2.19 bits per heavy atom.